The highest BCUT2D eigenvalue weighted by molar-refractivity contribution is 14.1. The number of carbonyl (C=O) groups is 1. The quantitative estimate of drug-likeness (QED) is 0.384. The van der Waals surface area contributed by atoms with Gasteiger partial charge in [-0.1, -0.05) is 0 Å². The monoisotopic (exact) mass is 453 g/mol. The fourth-order valence-electron chi connectivity index (χ4n) is 2.14. The summed E-state index contributed by atoms with van der Waals surface area (Å²) in [5.41, 5.74) is 5.25. The largest absolute Gasteiger partial charge is 0.497 e. The Morgan fingerprint density at radius 2 is 2.00 bits per heavy atom. The molecule has 0 spiro atoms. The Bertz CT molecular complexity index is 778. The van der Waals surface area contributed by atoms with Gasteiger partial charge in [0.2, 0.25) is 0 Å². The van der Waals surface area contributed by atoms with Crippen LogP contribution < -0.4 is 20.2 Å². The van der Waals surface area contributed by atoms with Gasteiger partial charge in [-0.05, 0) is 65.4 Å². The van der Waals surface area contributed by atoms with Gasteiger partial charge in [0.05, 0.1) is 27.0 Å². The molecule has 1 amide bonds. The van der Waals surface area contributed by atoms with Gasteiger partial charge in [0.15, 0.2) is 0 Å². The maximum absolute atomic E-state index is 11.9. The SMILES string of the molecule is COc1ccc(C=NNC(=O)CNc2ccc(I)cc2C)c(OC)c1. The average Bonchev–Trinajstić information content (AvgIpc) is 2.61. The van der Waals surface area contributed by atoms with Crippen molar-refractivity contribution in [2.24, 2.45) is 5.10 Å². The zero-order valence-electron chi connectivity index (χ0n) is 14.3. The molecule has 2 N–H and O–H groups in total. The number of anilines is 1. The van der Waals surface area contributed by atoms with E-state index >= 15 is 0 Å². The van der Waals surface area contributed by atoms with E-state index in [2.05, 4.69) is 44.5 Å². The average molecular weight is 453 g/mol. The standard InChI is InChI=1S/C18H20IN3O3/c1-12-8-14(19)5-7-16(12)20-11-18(23)22-21-10-13-4-6-15(24-2)9-17(13)25-3/h4-10,20H,11H2,1-3H3,(H,22,23). The van der Waals surface area contributed by atoms with Crippen molar-refractivity contribution < 1.29 is 14.3 Å². The van der Waals surface area contributed by atoms with Crippen LogP contribution in [0.25, 0.3) is 0 Å². The number of benzene rings is 2. The van der Waals surface area contributed by atoms with E-state index in [1.54, 1.807) is 32.4 Å². The summed E-state index contributed by atoms with van der Waals surface area (Å²) in [7, 11) is 3.16. The smallest absolute Gasteiger partial charge is 0.259 e. The van der Waals surface area contributed by atoms with Gasteiger partial charge in [0.1, 0.15) is 11.5 Å². The molecule has 0 aliphatic carbocycles. The van der Waals surface area contributed by atoms with Crippen LogP contribution in [-0.2, 0) is 4.79 Å². The lowest BCUT2D eigenvalue weighted by Crippen LogP contribution is -2.26. The molecule has 0 aliphatic rings. The van der Waals surface area contributed by atoms with Crippen LogP contribution in [0.1, 0.15) is 11.1 Å². The summed E-state index contributed by atoms with van der Waals surface area (Å²) in [4.78, 5) is 11.9. The van der Waals surface area contributed by atoms with Crippen molar-refractivity contribution in [3.05, 3.63) is 51.1 Å². The molecule has 2 aromatic carbocycles. The summed E-state index contributed by atoms with van der Waals surface area (Å²) in [6.45, 7) is 2.13. The number of hydrogen-bond acceptors (Lipinski definition) is 5. The lowest BCUT2D eigenvalue weighted by molar-refractivity contribution is -0.119. The van der Waals surface area contributed by atoms with Gasteiger partial charge in [-0.3, -0.25) is 4.79 Å². The van der Waals surface area contributed by atoms with Crippen molar-refractivity contribution in [3.63, 3.8) is 0 Å². The molecule has 7 heteroatoms. The van der Waals surface area contributed by atoms with Gasteiger partial charge in [0.25, 0.3) is 5.91 Å². The number of halogens is 1. The fourth-order valence-corrected chi connectivity index (χ4v) is 2.79. The number of hydrazone groups is 1. The van der Waals surface area contributed by atoms with Crippen LogP contribution in [0.15, 0.2) is 41.5 Å². The fraction of sp³-hybridized carbons (Fsp3) is 0.222. The predicted octanol–water partition coefficient (Wildman–Crippen LogP) is 3.18. The van der Waals surface area contributed by atoms with E-state index in [9.17, 15) is 4.79 Å². The Morgan fingerprint density at radius 1 is 1.20 bits per heavy atom. The minimum absolute atomic E-state index is 0.137. The molecule has 25 heavy (non-hydrogen) atoms. The van der Waals surface area contributed by atoms with E-state index in [1.165, 1.54) is 6.21 Å². The topological polar surface area (TPSA) is 72.0 Å². The molecule has 2 rings (SSSR count). The van der Waals surface area contributed by atoms with Gasteiger partial charge in [0, 0.05) is 20.9 Å². The van der Waals surface area contributed by atoms with Crippen LogP contribution in [0, 0.1) is 10.5 Å². The van der Waals surface area contributed by atoms with Crippen molar-refractivity contribution in [1.82, 2.24) is 5.43 Å². The lowest BCUT2D eigenvalue weighted by atomic mass is 10.2. The molecule has 0 radical (unpaired) electrons. The number of nitrogens with one attached hydrogen (secondary N) is 2. The number of hydrogen-bond donors (Lipinski definition) is 2. The molecule has 132 valence electrons. The van der Waals surface area contributed by atoms with E-state index in [0.29, 0.717) is 11.5 Å². The molecule has 0 heterocycles. The Hall–Kier alpha value is -2.29. The van der Waals surface area contributed by atoms with Crippen molar-refractivity contribution in [3.8, 4) is 11.5 Å². The second kappa shape index (κ2) is 9.26. The van der Waals surface area contributed by atoms with Crippen LogP contribution >= 0.6 is 22.6 Å². The van der Waals surface area contributed by atoms with Crippen LogP contribution in [0.2, 0.25) is 0 Å². The first-order valence-corrected chi connectivity index (χ1v) is 8.65. The second-order valence-electron chi connectivity index (χ2n) is 5.21. The van der Waals surface area contributed by atoms with Crippen LogP contribution in [0.4, 0.5) is 5.69 Å². The number of carbonyl (C=O) groups excluding carboxylic acids is 1. The maximum atomic E-state index is 11.9. The van der Waals surface area contributed by atoms with Crippen molar-refractivity contribution in [2.45, 2.75) is 6.92 Å². The first-order valence-electron chi connectivity index (χ1n) is 7.57. The summed E-state index contributed by atoms with van der Waals surface area (Å²) in [6.07, 6.45) is 1.53. The molecule has 0 aliphatic heterocycles. The van der Waals surface area contributed by atoms with Crippen LogP contribution in [0.3, 0.4) is 0 Å². The predicted molar refractivity (Wildman–Crippen MR) is 108 cm³/mol. The third-order valence-corrected chi connectivity index (χ3v) is 4.13. The molecule has 0 unspecified atom stereocenters. The van der Waals surface area contributed by atoms with Gasteiger partial charge in [-0.15, -0.1) is 0 Å². The molecule has 2 aromatic rings. The molecular weight excluding hydrogens is 433 g/mol. The summed E-state index contributed by atoms with van der Waals surface area (Å²) in [6, 6.07) is 11.4. The Morgan fingerprint density at radius 3 is 2.68 bits per heavy atom. The van der Waals surface area contributed by atoms with E-state index in [-0.39, 0.29) is 12.5 Å². The number of nitrogens with zero attached hydrogens (tertiary/aromatic N) is 1. The minimum atomic E-state index is -0.235. The first kappa shape index (κ1) is 19.0. The maximum Gasteiger partial charge on any atom is 0.259 e. The number of rotatable bonds is 7. The number of methoxy groups -OCH3 is 2. The molecule has 0 bridgehead atoms. The molecule has 0 aromatic heterocycles. The Kier molecular flexibility index (Phi) is 7.05. The molecule has 6 nitrogen and oxygen atoms in total. The minimum Gasteiger partial charge on any atom is -0.497 e. The molecule has 0 atom stereocenters. The van der Waals surface area contributed by atoms with Gasteiger partial charge >= 0.3 is 0 Å². The normalized spacial score (nSPS) is 10.6. The zero-order valence-corrected chi connectivity index (χ0v) is 16.5. The summed E-state index contributed by atoms with van der Waals surface area (Å²) < 4.78 is 11.6. The van der Waals surface area contributed by atoms with Crippen LogP contribution in [0.5, 0.6) is 11.5 Å². The highest BCUT2D eigenvalue weighted by Crippen LogP contribution is 2.23. The van der Waals surface area contributed by atoms with E-state index in [0.717, 1.165) is 20.4 Å². The summed E-state index contributed by atoms with van der Waals surface area (Å²) in [5, 5.41) is 7.06. The Labute approximate surface area is 160 Å². The number of amides is 1. The van der Waals surface area contributed by atoms with E-state index in [1.807, 2.05) is 19.1 Å². The Balaban J connectivity index is 1.90. The molecule has 0 saturated carbocycles. The molecular formula is C18H20IN3O3. The highest BCUT2D eigenvalue weighted by atomic mass is 127. The highest BCUT2D eigenvalue weighted by Gasteiger charge is 2.04. The lowest BCUT2D eigenvalue weighted by Gasteiger charge is -2.09. The van der Waals surface area contributed by atoms with E-state index < -0.39 is 0 Å². The van der Waals surface area contributed by atoms with Crippen LogP contribution in [-0.4, -0.2) is 32.9 Å². The van der Waals surface area contributed by atoms with Gasteiger partial charge < -0.3 is 14.8 Å². The third-order valence-electron chi connectivity index (χ3n) is 3.46. The molecule has 0 saturated heterocycles. The van der Waals surface area contributed by atoms with Gasteiger partial charge in [-0.25, -0.2) is 5.43 Å². The first-order chi connectivity index (χ1) is 12.0. The number of aryl methyl sites for hydroxylation is 1. The number of ether oxygens (including phenoxy) is 2. The molecule has 0 fully saturated rings. The van der Waals surface area contributed by atoms with Crippen molar-refractivity contribution >= 4 is 40.4 Å². The summed E-state index contributed by atoms with van der Waals surface area (Å²) >= 11 is 2.25. The van der Waals surface area contributed by atoms with Crippen molar-refractivity contribution in [1.29, 1.82) is 0 Å². The zero-order chi connectivity index (χ0) is 18.2. The van der Waals surface area contributed by atoms with Crippen molar-refractivity contribution in [2.75, 3.05) is 26.1 Å². The van der Waals surface area contributed by atoms with Gasteiger partial charge in [-0.2, -0.15) is 5.10 Å². The summed E-state index contributed by atoms with van der Waals surface area (Å²) in [5.74, 6) is 1.07. The van der Waals surface area contributed by atoms with E-state index in [4.69, 9.17) is 9.47 Å². The second-order valence-corrected chi connectivity index (χ2v) is 6.46. The third kappa shape index (κ3) is 5.63.